The van der Waals surface area contributed by atoms with E-state index in [9.17, 15) is 19.5 Å². The number of nitrogens with one attached hydrogen (secondary N) is 1. The van der Waals surface area contributed by atoms with Gasteiger partial charge in [0, 0.05) is 18.7 Å². The minimum Gasteiger partial charge on any atom is -0.503 e. The molecule has 1 unspecified atom stereocenters. The van der Waals surface area contributed by atoms with Crippen LogP contribution < -0.4 is 10.1 Å². The lowest BCUT2D eigenvalue weighted by atomic mass is 10.2. The molecule has 9 nitrogen and oxygen atoms in total. The van der Waals surface area contributed by atoms with Crippen LogP contribution in [-0.4, -0.2) is 53.8 Å². The number of carbonyl (C=O) groups is 3. The molecule has 130 valence electrons. The van der Waals surface area contributed by atoms with E-state index in [0.29, 0.717) is 6.42 Å². The predicted octanol–water partition coefficient (Wildman–Crippen LogP) is 0.163. The number of aromatic hydroxyl groups is 1. The zero-order chi connectivity index (χ0) is 17.7. The molecule has 24 heavy (non-hydrogen) atoms. The molecule has 0 spiro atoms. The fraction of sp³-hybridized carbons (Fsp3) is 0.467. The Labute approximate surface area is 137 Å². The van der Waals surface area contributed by atoms with E-state index in [1.54, 1.807) is 6.92 Å². The van der Waals surface area contributed by atoms with E-state index >= 15 is 0 Å². The molecular weight excluding hydrogens is 320 g/mol. The van der Waals surface area contributed by atoms with Gasteiger partial charge in [-0.05, 0) is 13.3 Å². The number of methoxy groups -OCH3 is 1. The van der Waals surface area contributed by atoms with Gasteiger partial charge >= 0.3 is 11.9 Å². The lowest BCUT2D eigenvalue weighted by molar-refractivity contribution is -0.152. The lowest BCUT2D eigenvalue weighted by Crippen LogP contribution is -2.45. The molecule has 2 N–H and O–H groups in total. The predicted molar refractivity (Wildman–Crippen MR) is 79.5 cm³/mol. The second-order valence-electron chi connectivity index (χ2n) is 5.21. The maximum absolute atomic E-state index is 12.3. The second-order valence-corrected chi connectivity index (χ2v) is 5.21. The molecule has 1 aliphatic rings. The number of amides is 1. The first kappa shape index (κ1) is 17.5. The van der Waals surface area contributed by atoms with E-state index in [0.717, 1.165) is 0 Å². The number of aromatic nitrogens is 1. The van der Waals surface area contributed by atoms with Gasteiger partial charge in [0.15, 0.2) is 23.2 Å². The summed E-state index contributed by atoms with van der Waals surface area (Å²) in [6, 6.07) is 0.179. The largest absolute Gasteiger partial charge is 0.503 e. The van der Waals surface area contributed by atoms with Gasteiger partial charge in [0.1, 0.15) is 6.61 Å². The summed E-state index contributed by atoms with van der Waals surface area (Å²) in [5.74, 6) is -2.43. The van der Waals surface area contributed by atoms with Gasteiger partial charge in [-0.15, -0.1) is 0 Å². The zero-order valence-corrected chi connectivity index (χ0v) is 13.3. The number of cyclic esters (lactones) is 2. The number of pyridine rings is 1. The average Bonchev–Trinajstić information content (AvgIpc) is 2.61. The number of esters is 2. The molecular formula is C15H18N2O7. The molecule has 1 saturated heterocycles. The van der Waals surface area contributed by atoms with Crippen LogP contribution in [-0.2, 0) is 19.1 Å². The maximum Gasteiger partial charge on any atom is 0.332 e. The number of rotatable bonds is 3. The van der Waals surface area contributed by atoms with Crippen LogP contribution >= 0.6 is 0 Å². The van der Waals surface area contributed by atoms with Crippen LogP contribution in [0.15, 0.2) is 12.3 Å². The summed E-state index contributed by atoms with van der Waals surface area (Å²) in [5, 5.41) is 12.3. The molecule has 0 bridgehead atoms. The van der Waals surface area contributed by atoms with Crippen molar-refractivity contribution < 1.29 is 33.7 Å². The van der Waals surface area contributed by atoms with Crippen LogP contribution in [0, 0.1) is 0 Å². The molecule has 0 saturated carbocycles. The van der Waals surface area contributed by atoms with Gasteiger partial charge in [-0.25, -0.2) is 9.78 Å². The van der Waals surface area contributed by atoms with Crippen molar-refractivity contribution >= 4 is 17.8 Å². The molecule has 1 aliphatic heterocycles. The second kappa shape index (κ2) is 7.62. The number of nitrogens with zero attached hydrogens (tertiary/aromatic N) is 1. The summed E-state index contributed by atoms with van der Waals surface area (Å²) in [5.41, 5.74) is -0.318. The minimum atomic E-state index is -1.20. The fourth-order valence-corrected chi connectivity index (χ4v) is 2.07. The Kier molecular flexibility index (Phi) is 5.56. The van der Waals surface area contributed by atoms with Crippen LogP contribution in [0.25, 0.3) is 0 Å². The van der Waals surface area contributed by atoms with E-state index in [1.165, 1.54) is 19.4 Å². The Balaban J connectivity index is 2.16. The van der Waals surface area contributed by atoms with Crippen molar-refractivity contribution in [3.05, 3.63) is 18.0 Å². The average molecular weight is 338 g/mol. The molecule has 0 aromatic carbocycles. The van der Waals surface area contributed by atoms with Gasteiger partial charge in [-0.3, -0.25) is 9.59 Å². The molecule has 2 rings (SSSR count). The summed E-state index contributed by atoms with van der Waals surface area (Å²) in [6.07, 6.45) is 1.25. The van der Waals surface area contributed by atoms with Crippen molar-refractivity contribution in [2.45, 2.75) is 31.9 Å². The van der Waals surface area contributed by atoms with E-state index in [-0.39, 0.29) is 24.5 Å². The Morgan fingerprint density at radius 1 is 1.46 bits per heavy atom. The Hall–Kier alpha value is -2.84. The molecule has 1 fully saturated rings. The number of ether oxygens (including phenoxy) is 3. The summed E-state index contributed by atoms with van der Waals surface area (Å²) in [4.78, 5) is 39.6. The summed E-state index contributed by atoms with van der Waals surface area (Å²) in [6.45, 7) is 1.28. The van der Waals surface area contributed by atoms with Crippen LogP contribution in [0.3, 0.4) is 0 Å². The molecule has 1 aromatic heterocycles. The van der Waals surface area contributed by atoms with Crippen molar-refractivity contribution in [1.82, 2.24) is 10.3 Å². The standard InChI is InChI=1S/C15H18N2O7/c1-8-3-4-11(18)23-7-9(15(21)24-8)17-14(20)12-13(19)10(22-2)5-6-16-12/h5-6,8-9,19H,3-4,7H2,1-2H3,(H,17,20)/t8?,9-/m0/s1. The van der Waals surface area contributed by atoms with Crippen molar-refractivity contribution in [1.29, 1.82) is 0 Å². The number of hydrogen-bond acceptors (Lipinski definition) is 8. The Morgan fingerprint density at radius 2 is 2.21 bits per heavy atom. The molecule has 0 radical (unpaired) electrons. The van der Waals surface area contributed by atoms with E-state index in [2.05, 4.69) is 10.3 Å². The highest BCUT2D eigenvalue weighted by Gasteiger charge is 2.29. The van der Waals surface area contributed by atoms with Crippen molar-refractivity contribution in [3.63, 3.8) is 0 Å². The summed E-state index contributed by atoms with van der Waals surface area (Å²) < 4.78 is 15.0. The quantitative estimate of drug-likeness (QED) is 0.747. The highest BCUT2D eigenvalue weighted by Crippen LogP contribution is 2.27. The molecule has 2 atom stereocenters. The highest BCUT2D eigenvalue weighted by molar-refractivity contribution is 5.98. The molecule has 9 heteroatoms. The Bertz CT molecular complexity index is 647. The van der Waals surface area contributed by atoms with E-state index < -0.39 is 35.7 Å². The normalized spacial score (nSPS) is 21.6. The number of carbonyl (C=O) groups excluding carboxylic acids is 3. The topological polar surface area (TPSA) is 124 Å². The van der Waals surface area contributed by atoms with Gasteiger partial charge < -0.3 is 24.6 Å². The first-order valence-electron chi connectivity index (χ1n) is 7.31. The summed E-state index contributed by atoms with van der Waals surface area (Å²) in [7, 11) is 1.33. The Morgan fingerprint density at radius 3 is 2.92 bits per heavy atom. The first-order chi connectivity index (χ1) is 11.4. The monoisotopic (exact) mass is 338 g/mol. The maximum atomic E-state index is 12.3. The van der Waals surface area contributed by atoms with Gasteiger partial charge in [0.05, 0.1) is 13.2 Å². The van der Waals surface area contributed by atoms with Crippen molar-refractivity contribution in [2.24, 2.45) is 0 Å². The van der Waals surface area contributed by atoms with Gasteiger partial charge in [-0.2, -0.15) is 0 Å². The smallest absolute Gasteiger partial charge is 0.332 e. The van der Waals surface area contributed by atoms with Crippen LogP contribution in [0.5, 0.6) is 11.5 Å². The third kappa shape index (κ3) is 4.12. The molecule has 1 aromatic rings. The van der Waals surface area contributed by atoms with Gasteiger partial charge in [0.2, 0.25) is 0 Å². The SMILES string of the molecule is COc1ccnc(C(=O)N[C@H]2COC(=O)CCC(C)OC2=O)c1O. The van der Waals surface area contributed by atoms with E-state index in [1.807, 2.05) is 0 Å². The van der Waals surface area contributed by atoms with Crippen molar-refractivity contribution in [2.75, 3.05) is 13.7 Å². The first-order valence-corrected chi connectivity index (χ1v) is 7.31. The third-order valence-corrected chi connectivity index (χ3v) is 3.40. The van der Waals surface area contributed by atoms with Gasteiger partial charge in [0.25, 0.3) is 5.91 Å². The van der Waals surface area contributed by atoms with Crippen LogP contribution in [0.1, 0.15) is 30.3 Å². The molecule has 2 heterocycles. The van der Waals surface area contributed by atoms with E-state index in [4.69, 9.17) is 14.2 Å². The van der Waals surface area contributed by atoms with Crippen molar-refractivity contribution in [3.8, 4) is 11.5 Å². The fourth-order valence-electron chi connectivity index (χ4n) is 2.07. The summed E-state index contributed by atoms with van der Waals surface area (Å²) >= 11 is 0. The van der Waals surface area contributed by atoms with Crippen LogP contribution in [0.2, 0.25) is 0 Å². The zero-order valence-electron chi connectivity index (χ0n) is 13.3. The molecule has 0 aliphatic carbocycles. The third-order valence-electron chi connectivity index (χ3n) is 3.40. The number of hydrogen-bond donors (Lipinski definition) is 2. The molecule has 1 amide bonds. The van der Waals surface area contributed by atoms with Gasteiger partial charge in [-0.1, -0.05) is 0 Å². The minimum absolute atomic E-state index is 0.0623. The highest BCUT2D eigenvalue weighted by atomic mass is 16.6. The lowest BCUT2D eigenvalue weighted by Gasteiger charge is -2.18. The van der Waals surface area contributed by atoms with Crippen LogP contribution in [0.4, 0.5) is 0 Å².